The lowest BCUT2D eigenvalue weighted by molar-refractivity contribution is -0.138. The molecule has 0 aliphatic rings. The summed E-state index contributed by atoms with van der Waals surface area (Å²) < 4.78 is 1.56. The van der Waals surface area contributed by atoms with Crippen LogP contribution in [0.2, 0.25) is 0 Å². The number of carboxylic acids is 1. The number of Topliss-reactive ketones (excluding diaryl/α,β-unsaturated/α-hetero) is 1. The molecule has 0 saturated carbocycles. The third-order valence-corrected chi connectivity index (χ3v) is 3.37. The van der Waals surface area contributed by atoms with Crippen LogP contribution in [0.3, 0.4) is 0 Å². The van der Waals surface area contributed by atoms with Crippen LogP contribution in [0.1, 0.15) is 55.0 Å². The van der Waals surface area contributed by atoms with Gasteiger partial charge in [0.25, 0.3) is 5.91 Å². The quantitative estimate of drug-likeness (QED) is 0.811. The van der Waals surface area contributed by atoms with E-state index in [4.69, 9.17) is 5.11 Å². The molecular weight excluding hydrogens is 272 g/mol. The van der Waals surface area contributed by atoms with Gasteiger partial charge in [0.1, 0.15) is 5.69 Å². The van der Waals surface area contributed by atoms with E-state index in [1.165, 1.54) is 13.0 Å². The Labute approximate surface area is 124 Å². The van der Waals surface area contributed by atoms with Crippen molar-refractivity contribution in [2.45, 2.75) is 40.2 Å². The van der Waals surface area contributed by atoms with Gasteiger partial charge in [-0.05, 0) is 18.4 Å². The number of nitrogens with zero attached hydrogens (tertiary/aromatic N) is 1. The fraction of sp³-hybridized carbons (Fsp3) is 0.533. The zero-order chi connectivity index (χ0) is 16.4. The number of carbonyl (C=O) groups excluding carboxylic acids is 2. The summed E-state index contributed by atoms with van der Waals surface area (Å²) >= 11 is 0. The Morgan fingerprint density at radius 2 is 1.90 bits per heavy atom. The normalized spacial score (nSPS) is 12.8. The molecule has 0 spiro atoms. The van der Waals surface area contributed by atoms with Crippen molar-refractivity contribution in [3.8, 4) is 0 Å². The summed E-state index contributed by atoms with van der Waals surface area (Å²) in [6.07, 6.45) is 1.43. The molecule has 1 aromatic heterocycles. The lowest BCUT2D eigenvalue weighted by Gasteiger charge is -2.30. The molecule has 0 aliphatic carbocycles. The first-order valence-electron chi connectivity index (χ1n) is 6.72. The predicted molar refractivity (Wildman–Crippen MR) is 78.4 cm³/mol. The average Bonchev–Trinajstić information content (AvgIpc) is 2.68. The Morgan fingerprint density at radius 3 is 2.29 bits per heavy atom. The van der Waals surface area contributed by atoms with Crippen molar-refractivity contribution in [3.05, 3.63) is 23.5 Å². The maximum absolute atomic E-state index is 12.3. The minimum Gasteiger partial charge on any atom is -0.481 e. The van der Waals surface area contributed by atoms with E-state index in [0.29, 0.717) is 11.3 Å². The molecule has 0 bridgehead atoms. The first-order valence-corrected chi connectivity index (χ1v) is 6.72. The first kappa shape index (κ1) is 16.9. The number of aromatic nitrogens is 1. The summed E-state index contributed by atoms with van der Waals surface area (Å²) in [6.45, 7) is 7.03. The minimum absolute atomic E-state index is 0.123. The molecule has 0 radical (unpaired) electrons. The molecule has 1 atom stereocenters. The van der Waals surface area contributed by atoms with Crippen LogP contribution in [0.15, 0.2) is 12.3 Å². The highest BCUT2D eigenvalue weighted by molar-refractivity contribution is 5.99. The Morgan fingerprint density at radius 1 is 1.33 bits per heavy atom. The van der Waals surface area contributed by atoms with Crippen molar-refractivity contribution in [2.75, 3.05) is 0 Å². The molecule has 116 valence electrons. The number of carbonyl (C=O) groups is 3. The number of amides is 1. The highest BCUT2D eigenvalue weighted by Gasteiger charge is 2.29. The van der Waals surface area contributed by atoms with E-state index >= 15 is 0 Å². The summed E-state index contributed by atoms with van der Waals surface area (Å²) in [5.74, 6) is -1.47. The maximum Gasteiger partial charge on any atom is 0.305 e. The van der Waals surface area contributed by atoms with Crippen LogP contribution < -0.4 is 5.32 Å². The number of aliphatic carboxylic acids is 1. The SMILES string of the molecule is CC(=O)c1cc(C(=O)NC(CC(=O)O)C(C)(C)C)n(C)c1. The fourth-order valence-electron chi connectivity index (χ4n) is 1.96. The van der Waals surface area contributed by atoms with Gasteiger partial charge in [-0.15, -0.1) is 0 Å². The zero-order valence-electron chi connectivity index (χ0n) is 13.1. The van der Waals surface area contributed by atoms with Crippen LogP contribution in [-0.2, 0) is 11.8 Å². The van der Waals surface area contributed by atoms with Gasteiger partial charge in [0, 0.05) is 24.8 Å². The second kappa shape index (κ2) is 6.11. The summed E-state index contributed by atoms with van der Waals surface area (Å²) in [5.41, 5.74) is 0.399. The third-order valence-electron chi connectivity index (χ3n) is 3.37. The van der Waals surface area contributed by atoms with Gasteiger partial charge in [-0.2, -0.15) is 0 Å². The lowest BCUT2D eigenvalue weighted by atomic mass is 9.84. The van der Waals surface area contributed by atoms with Gasteiger partial charge < -0.3 is 15.0 Å². The molecule has 6 heteroatoms. The van der Waals surface area contributed by atoms with Crippen molar-refractivity contribution < 1.29 is 19.5 Å². The van der Waals surface area contributed by atoms with E-state index in [1.54, 1.807) is 17.8 Å². The summed E-state index contributed by atoms with van der Waals surface area (Å²) in [7, 11) is 1.67. The lowest BCUT2D eigenvalue weighted by Crippen LogP contribution is -2.45. The Hall–Kier alpha value is -2.11. The highest BCUT2D eigenvalue weighted by Crippen LogP contribution is 2.22. The van der Waals surface area contributed by atoms with Gasteiger partial charge in [-0.25, -0.2) is 0 Å². The number of hydrogen-bond acceptors (Lipinski definition) is 3. The fourth-order valence-corrected chi connectivity index (χ4v) is 1.96. The predicted octanol–water partition coefficient (Wildman–Crippen LogP) is 1.85. The van der Waals surface area contributed by atoms with Crippen molar-refractivity contribution in [1.29, 1.82) is 0 Å². The average molecular weight is 294 g/mol. The molecule has 0 aliphatic heterocycles. The second-order valence-corrected chi connectivity index (χ2v) is 6.27. The topological polar surface area (TPSA) is 88.4 Å². The Balaban J connectivity index is 2.97. The molecule has 0 aromatic carbocycles. The van der Waals surface area contributed by atoms with Crippen LogP contribution in [0.5, 0.6) is 0 Å². The molecule has 6 nitrogen and oxygen atoms in total. The molecule has 1 aromatic rings. The molecule has 1 rings (SSSR count). The van der Waals surface area contributed by atoms with Crippen LogP contribution in [-0.4, -0.2) is 33.4 Å². The molecule has 2 N–H and O–H groups in total. The van der Waals surface area contributed by atoms with E-state index in [0.717, 1.165) is 0 Å². The Bertz CT molecular complexity index is 567. The van der Waals surface area contributed by atoms with E-state index < -0.39 is 12.0 Å². The van der Waals surface area contributed by atoms with Crippen molar-refractivity contribution in [1.82, 2.24) is 9.88 Å². The number of hydrogen-bond donors (Lipinski definition) is 2. The van der Waals surface area contributed by atoms with Gasteiger partial charge in [-0.1, -0.05) is 20.8 Å². The number of aryl methyl sites for hydroxylation is 1. The van der Waals surface area contributed by atoms with Gasteiger partial charge in [-0.3, -0.25) is 14.4 Å². The standard InChI is InChI=1S/C15H22N2O4/c1-9(18)10-6-11(17(5)8-10)14(21)16-12(7-13(19)20)15(2,3)4/h6,8,12H,7H2,1-5H3,(H,16,21)(H,19,20). The van der Waals surface area contributed by atoms with Crippen molar-refractivity contribution in [2.24, 2.45) is 12.5 Å². The smallest absolute Gasteiger partial charge is 0.305 e. The molecule has 21 heavy (non-hydrogen) atoms. The Kier molecular flexibility index (Phi) is 4.93. The summed E-state index contributed by atoms with van der Waals surface area (Å²) in [5, 5.41) is 11.7. The van der Waals surface area contributed by atoms with Crippen molar-refractivity contribution >= 4 is 17.7 Å². The zero-order valence-corrected chi connectivity index (χ0v) is 13.1. The van der Waals surface area contributed by atoms with Crippen LogP contribution in [0.4, 0.5) is 0 Å². The third kappa shape index (κ3) is 4.44. The van der Waals surface area contributed by atoms with Crippen LogP contribution in [0, 0.1) is 5.41 Å². The number of carboxylic acid groups (broad SMARTS) is 1. The van der Waals surface area contributed by atoms with E-state index in [9.17, 15) is 14.4 Å². The first-order chi connectivity index (χ1) is 9.52. The van der Waals surface area contributed by atoms with Gasteiger partial charge in [0.05, 0.1) is 6.42 Å². The van der Waals surface area contributed by atoms with Gasteiger partial charge in [0.15, 0.2) is 5.78 Å². The van der Waals surface area contributed by atoms with Gasteiger partial charge >= 0.3 is 5.97 Å². The second-order valence-electron chi connectivity index (χ2n) is 6.27. The van der Waals surface area contributed by atoms with E-state index in [-0.39, 0.29) is 23.5 Å². The maximum atomic E-state index is 12.3. The summed E-state index contributed by atoms with van der Waals surface area (Å²) in [4.78, 5) is 34.6. The molecular formula is C15H22N2O4. The van der Waals surface area contributed by atoms with Crippen LogP contribution in [0.25, 0.3) is 0 Å². The number of nitrogens with one attached hydrogen (secondary N) is 1. The van der Waals surface area contributed by atoms with Crippen LogP contribution >= 0.6 is 0 Å². The summed E-state index contributed by atoms with van der Waals surface area (Å²) in [6, 6.07) is 1.01. The number of ketones is 1. The number of rotatable bonds is 5. The van der Waals surface area contributed by atoms with E-state index in [2.05, 4.69) is 5.32 Å². The largest absolute Gasteiger partial charge is 0.481 e. The molecule has 0 saturated heterocycles. The molecule has 1 heterocycles. The van der Waals surface area contributed by atoms with Crippen molar-refractivity contribution in [3.63, 3.8) is 0 Å². The monoisotopic (exact) mass is 294 g/mol. The molecule has 0 fully saturated rings. The van der Waals surface area contributed by atoms with E-state index in [1.807, 2.05) is 20.8 Å². The van der Waals surface area contributed by atoms with Gasteiger partial charge in [0.2, 0.25) is 0 Å². The molecule has 1 unspecified atom stereocenters. The highest BCUT2D eigenvalue weighted by atomic mass is 16.4. The molecule has 1 amide bonds. The minimum atomic E-state index is -0.966.